The van der Waals surface area contributed by atoms with Crippen LogP contribution in [0.5, 0.6) is 5.75 Å². The number of carbonyl (C=O) groups excluding carboxylic acids is 1. The topological polar surface area (TPSA) is 95.2 Å². The van der Waals surface area contributed by atoms with Crippen molar-refractivity contribution in [2.45, 2.75) is 19.5 Å². The lowest BCUT2D eigenvalue weighted by atomic mass is 9.99. The highest BCUT2D eigenvalue weighted by Crippen LogP contribution is 2.24. The number of pyridine rings is 1. The van der Waals surface area contributed by atoms with Gasteiger partial charge in [-0.05, 0) is 35.2 Å². The first-order valence-corrected chi connectivity index (χ1v) is 9.41. The number of rotatable bonds is 6. The van der Waals surface area contributed by atoms with Crippen LogP contribution in [0.3, 0.4) is 0 Å². The maximum Gasteiger partial charge on any atom is 0.317 e. The van der Waals surface area contributed by atoms with Crippen LogP contribution in [0.25, 0.3) is 11.0 Å². The lowest BCUT2D eigenvalue weighted by Gasteiger charge is -2.29. The van der Waals surface area contributed by atoms with Gasteiger partial charge < -0.3 is 20.3 Å². The normalized spacial score (nSPS) is 13.4. The van der Waals surface area contributed by atoms with Crippen molar-refractivity contribution in [1.29, 1.82) is 0 Å². The molecule has 0 saturated heterocycles. The lowest BCUT2D eigenvalue weighted by Crippen LogP contribution is -2.44. The zero-order valence-electron chi connectivity index (χ0n) is 15.9. The predicted octanol–water partition coefficient (Wildman–Crippen LogP) is 1.82. The fourth-order valence-corrected chi connectivity index (χ4v) is 3.47. The summed E-state index contributed by atoms with van der Waals surface area (Å²) < 4.78 is 5.15. The van der Waals surface area contributed by atoms with Gasteiger partial charge in [0.05, 0.1) is 13.3 Å². The number of ether oxygens (including phenoxy) is 1. The molecule has 0 saturated carbocycles. The zero-order chi connectivity index (χ0) is 19.3. The largest absolute Gasteiger partial charge is 0.497 e. The third-order valence-electron chi connectivity index (χ3n) is 5.03. The summed E-state index contributed by atoms with van der Waals surface area (Å²) in [5.41, 5.74) is 4.31. The summed E-state index contributed by atoms with van der Waals surface area (Å²) in [4.78, 5) is 18.7. The molecule has 3 N–H and O–H groups in total. The second-order valence-electron chi connectivity index (χ2n) is 6.82. The predicted molar refractivity (Wildman–Crippen MR) is 106 cm³/mol. The second kappa shape index (κ2) is 8.26. The highest BCUT2D eigenvalue weighted by Gasteiger charge is 2.22. The molecule has 0 unspecified atom stereocenters. The van der Waals surface area contributed by atoms with Crippen molar-refractivity contribution in [3.05, 3.63) is 53.3 Å². The Hall–Kier alpha value is -3.13. The number of aromatic amines is 1. The summed E-state index contributed by atoms with van der Waals surface area (Å²) >= 11 is 0. The van der Waals surface area contributed by atoms with Crippen molar-refractivity contribution >= 4 is 17.1 Å². The number of nitrogens with zero attached hydrogens (tertiary/aromatic N) is 3. The second-order valence-corrected chi connectivity index (χ2v) is 6.82. The van der Waals surface area contributed by atoms with Gasteiger partial charge in [0, 0.05) is 44.3 Å². The van der Waals surface area contributed by atoms with Gasteiger partial charge in [-0.25, -0.2) is 9.78 Å². The summed E-state index contributed by atoms with van der Waals surface area (Å²) in [6.07, 6.45) is 4.47. The van der Waals surface area contributed by atoms with Crippen molar-refractivity contribution < 1.29 is 9.53 Å². The molecule has 1 aliphatic heterocycles. The average molecular weight is 380 g/mol. The third kappa shape index (κ3) is 3.91. The van der Waals surface area contributed by atoms with E-state index in [0.29, 0.717) is 26.2 Å². The number of hydrogen-bond donors (Lipinski definition) is 3. The number of amides is 2. The standard InChI is InChI=1S/C20H24N6O2/c1-28-16-4-2-14(3-5-16)10-21-7-8-22-20(27)26-9-6-17-15(13-26)11-23-19-18(17)12-24-25-19/h2-5,11-12,21H,6-10,13H2,1H3,(H,22,27)(H,23,24,25). The van der Waals surface area contributed by atoms with Gasteiger partial charge >= 0.3 is 6.03 Å². The first-order chi connectivity index (χ1) is 13.7. The van der Waals surface area contributed by atoms with Crippen LogP contribution < -0.4 is 15.4 Å². The van der Waals surface area contributed by atoms with Crippen LogP contribution in [0.2, 0.25) is 0 Å². The van der Waals surface area contributed by atoms with Crippen LogP contribution in [-0.4, -0.2) is 52.9 Å². The van der Waals surface area contributed by atoms with Gasteiger partial charge in [-0.2, -0.15) is 5.10 Å². The van der Waals surface area contributed by atoms with E-state index in [9.17, 15) is 4.79 Å². The summed E-state index contributed by atoms with van der Waals surface area (Å²) in [6.45, 7) is 3.32. The summed E-state index contributed by atoms with van der Waals surface area (Å²) in [5.74, 6) is 0.850. The molecule has 0 radical (unpaired) electrons. The van der Waals surface area contributed by atoms with Crippen molar-refractivity contribution in [2.75, 3.05) is 26.7 Å². The Kier molecular flexibility index (Phi) is 5.38. The SMILES string of the molecule is COc1ccc(CNCCNC(=O)N2CCc3c(cnc4[nH]ncc34)C2)cc1. The Bertz CT molecular complexity index is 953. The Labute approximate surface area is 163 Å². The molecule has 0 bridgehead atoms. The van der Waals surface area contributed by atoms with Gasteiger partial charge in [0.15, 0.2) is 5.65 Å². The van der Waals surface area contributed by atoms with Crippen LogP contribution in [0.1, 0.15) is 16.7 Å². The molecule has 3 aromatic rings. The number of nitrogens with one attached hydrogen (secondary N) is 3. The van der Waals surface area contributed by atoms with Gasteiger partial charge in [-0.3, -0.25) is 5.10 Å². The van der Waals surface area contributed by atoms with E-state index >= 15 is 0 Å². The molecule has 28 heavy (non-hydrogen) atoms. The molecule has 0 atom stereocenters. The van der Waals surface area contributed by atoms with Crippen LogP contribution >= 0.6 is 0 Å². The maximum absolute atomic E-state index is 12.5. The van der Waals surface area contributed by atoms with E-state index < -0.39 is 0 Å². The van der Waals surface area contributed by atoms with Gasteiger partial charge in [-0.1, -0.05) is 12.1 Å². The first-order valence-electron chi connectivity index (χ1n) is 9.41. The van der Waals surface area contributed by atoms with E-state index in [1.165, 1.54) is 11.1 Å². The Balaban J connectivity index is 1.22. The molecule has 8 heteroatoms. The molecule has 1 aliphatic rings. The smallest absolute Gasteiger partial charge is 0.317 e. The number of urea groups is 1. The molecule has 1 aromatic carbocycles. The highest BCUT2D eigenvalue weighted by atomic mass is 16.5. The number of carbonyl (C=O) groups is 1. The molecule has 3 heterocycles. The summed E-state index contributed by atoms with van der Waals surface area (Å²) in [5, 5.41) is 14.3. The number of fused-ring (bicyclic) bond motifs is 3. The fraction of sp³-hybridized carbons (Fsp3) is 0.350. The summed E-state index contributed by atoms with van der Waals surface area (Å²) in [6, 6.07) is 7.91. The summed E-state index contributed by atoms with van der Waals surface area (Å²) in [7, 11) is 1.66. The van der Waals surface area contributed by atoms with Crippen LogP contribution in [0.15, 0.2) is 36.7 Å². The third-order valence-corrected chi connectivity index (χ3v) is 5.03. The van der Waals surface area contributed by atoms with Crippen molar-refractivity contribution in [1.82, 2.24) is 30.7 Å². The monoisotopic (exact) mass is 380 g/mol. The van der Waals surface area contributed by atoms with Gasteiger partial charge in [0.1, 0.15) is 5.75 Å². The Morgan fingerprint density at radius 3 is 2.93 bits per heavy atom. The minimum Gasteiger partial charge on any atom is -0.497 e. The van der Waals surface area contributed by atoms with Crippen LogP contribution in [0, 0.1) is 0 Å². The molecule has 0 fully saturated rings. The Morgan fingerprint density at radius 1 is 1.25 bits per heavy atom. The first kappa shape index (κ1) is 18.2. The van der Waals surface area contributed by atoms with Crippen LogP contribution in [-0.2, 0) is 19.5 Å². The zero-order valence-corrected chi connectivity index (χ0v) is 15.9. The van der Waals surface area contributed by atoms with E-state index in [4.69, 9.17) is 4.74 Å². The Morgan fingerprint density at radius 2 is 2.11 bits per heavy atom. The average Bonchev–Trinajstić information content (AvgIpc) is 3.22. The number of hydrogen-bond acceptors (Lipinski definition) is 5. The number of benzene rings is 1. The maximum atomic E-state index is 12.5. The highest BCUT2D eigenvalue weighted by molar-refractivity contribution is 5.80. The molecule has 2 amide bonds. The minimum absolute atomic E-state index is 0.0378. The number of methoxy groups -OCH3 is 1. The molecule has 0 spiro atoms. The van der Waals surface area contributed by atoms with Gasteiger partial charge in [0.25, 0.3) is 0 Å². The molecule has 2 aromatic heterocycles. The van der Waals surface area contributed by atoms with E-state index in [-0.39, 0.29) is 6.03 Å². The molecule has 8 nitrogen and oxygen atoms in total. The molecule has 146 valence electrons. The van der Waals surface area contributed by atoms with Gasteiger partial charge in [0.2, 0.25) is 0 Å². The van der Waals surface area contributed by atoms with Gasteiger partial charge in [-0.15, -0.1) is 0 Å². The van der Waals surface area contributed by atoms with Crippen molar-refractivity contribution in [3.8, 4) is 5.75 Å². The number of aromatic nitrogens is 3. The van der Waals surface area contributed by atoms with Crippen molar-refractivity contribution in [2.24, 2.45) is 0 Å². The minimum atomic E-state index is -0.0378. The van der Waals surface area contributed by atoms with E-state index in [2.05, 4.69) is 25.8 Å². The number of H-pyrrole nitrogens is 1. The van der Waals surface area contributed by atoms with E-state index in [1.54, 1.807) is 7.11 Å². The van der Waals surface area contributed by atoms with E-state index in [1.807, 2.05) is 41.6 Å². The van der Waals surface area contributed by atoms with Crippen LogP contribution in [0.4, 0.5) is 4.79 Å². The molecular formula is C20H24N6O2. The van der Waals surface area contributed by atoms with E-state index in [0.717, 1.165) is 35.3 Å². The molecule has 0 aliphatic carbocycles. The van der Waals surface area contributed by atoms with Crippen molar-refractivity contribution in [3.63, 3.8) is 0 Å². The lowest BCUT2D eigenvalue weighted by molar-refractivity contribution is 0.192. The molecular weight excluding hydrogens is 356 g/mol. The fourth-order valence-electron chi connectivity index (χ4n) is 3.47. The quantitative estimate of drug-likeness (QED) is 0.567. The molecule has 4 rings (SSSR count).